The molecule has 4 N–H and O–H groups in total. The van der Waals surface area contributed by atoms with E-state index < -0.39 is 0 Å². The lowest BCUT2D eigenvalue weighted by molar-refractivity contribution is 0.0986. The summed E-state index contributed by atoms with van der Waals surface area (Å²) in [6.07, 6.45) is 7.41. The fourth-order valence-corrected chi connectivity index (χ4v) is 4.75. The molecule has 2 atom stereocenters. The van der Waals surface area contributed by atoms with E-state index in [-0.39, 0.29) is 58.3 Å². The second kappa shape index (κ2) is 9.82. The summed E-state index contributed by atoms with van der Waals surface area (Å²) in [4.78, 5) is 15.1. The van der Waals surface area contributed by atoms with Crippen molar-refractivity contribution >= 4 is 23.0 Å². The number of epoxide rings is 1. The number of allylic oxidation sites excluding steroid dienone is 2. The van der Waals surface area contributed by atoms with E-state index in [1.165, 1.54) is 41.5 Å². The molecule has 1 fully saturated rings. The van der Waals surface area contributed by atoms with Gasteiger partial charge in [0.25, 0.3) is 5.91 Å². The number of benzene rings is 2. The Labute approximate surface area is 207 Å². The van der Waals surface area contributed by atoms with Crippen molar-refractivity contribution in [2.45, 2.75) is 71.5 Å². The van der Waals surface area contributed by atoms with E-state index in [0.29, 0.717) is 5.69 Å². The van der Waals surface area contributed by atoms with Gasteiger partial charge in [0.1, 0.15) is 29.0 Å². The first-order valence-corrected chi connectivity index (χ1v) is 12.4. The molecule has 7 nitrogen and oxygen atoms in total. The number of phenols is 3. The van der Waals surface area contributed by atoms with Crippen LogP contribution in [0, 0.1) is 5.92 Å². The lowest BCUT2D eigenvalue weighted by Gasteiger charge is -2.23. The largest absolute Gasteiger partial charge is 0.508 e. The van der Waals surface area contributed by atoms with Crippen LogP contribution in [0.5, 0.6) is 17.2 Å². The summed E-state index contributed by atoms with van der Waals surface area (Å²) >= 11 is 0. The van der Waals surface area contributed by atoms with Gasteiger partial charge in [-0.15, -0.1) is 0 Å². The Balaban J connectivity index is 1.50. The van der Waals surface area contributed by atoms with Gasteiger partial charge in [-0.05, 0) is 57.6 Å². The lowest BCUT2D eigenvalue weighted by atomic mass is 9.98. The molecule has 1 amide bonds. The summed E-state index contributed by atoms with van der Waals surface area (Å²) < 4.78 is 6.06. The number of hydrogen-bond donors (Lipinski definition) is 4. The molecule has 2 aromatic rings. The number of nitrogens with zero attached hydrogens (tertiary/aromatic N) is 1. The van der Waals surface area contributed by atoms with Crippen molar-refractivity contribution in [1.29, 1.82) is 0 Å². The van der Waals surface area contributed by atoms with E-state index in [9.17, 15) is 20.1 Å². The number of phenolic OH excluding ortho intramolecular Hbond substituents is 3. The van der Waals surface area contributed by atoms with E-state index in [0.717, 1.165) is 25.2 Å². The fourth-order valence-electron chi connectivity index (χ4n) is 4.75. The highest BCUT2D eigenvalue weighted by molar-refractivity contribution is 6.15. The highest BCUT2D eigenvalue weighted by atomic mass is 16.6. The second-order valence-corrected chi connectivity index (χ2v) is 10.4. The molecule has 2 aromatic carbocycles. The molecule has 0 aliphatic carbocycles. The van der Waals surface area contributed by atoms with Crippen molar-refractivity contribution in [3.63, 3.8) is 0 Å². The van der Waals surface area contributed by atoms with Crippen molar-refractivity contribution in [2.75, 3.05) is 16.8 Å². The van der Waals surface area contributed by atoms with Crippen LogP contribution in [0.1, 0.15) is 70.2 Å². The van der Waals surface area contributed by atoms with E-state index in [1.807, 2.05) is 0 Å². The zero-order chi connectivity index (χ0) is 25.3. The molecular weight excluding hydrogens is 444 g/mol. The summed E-state index contributed by atoms with van der Waals surface area (Å²) in [7, 11) is 0. The molecule has 2 aliphatic rings. The van der Waals surface area contributed by atoms with Crippen LogP contribution in [0.15, 0.2) is 42.0 Å². The third-order valence-electron chi connectivity index (χ3n) is 7.01. The van der Waals surface area contributed by atoms with Crippen molar-refractivity contribution in [3.05, 3.63) is 47.5 Å². The van der Waals surface area contributed by atoms with Crippen LogP contribution in [-0.4, -0.2) is 39.5 Å². The molecule has 0 saturated carbocycles. The predicted molar refractivity (Wildman–Crippen MR) is 138 cm³/mol. The van der Waals surface area contributed by atoms with Crippen molar-refractivity contribution in [1.82, 2.24) is 0 Å². The molecule has 0 aromatic heterocycles. The van der Waals surface area contributed by atoms with Crippen LogP contribution in [0.3, 0.4) is 0 Å². The number of ether oxygens (including phenoxy) is 1. The van der Waals surface area contributed by atoms with Gasteiger partial charge in [0.15, 0.2) is 0 Å². The van der Waals surface area contributed by atoms with E-state index in [1.54, 1.807) is 12.1 Å². The normalized spacial score (nSPS) is 21.4. The van der Waals surface area contributed by atoms with Gasteiger partial charge in [-0.3, -0.25) is 4.79 Å². The molecule has 35 heavy (non-hydrogen) atoms. The van der Waals surface area contributed by atoms with Gasteiger partial charge >= 0.3 is 0 Å². The zero-order valence-electron chi connectivity index (χ0n) is 21.0. The van der Waals surface area contributed by atoms with Gasteiger partial charge in [-0.25, -0.2) is 0 Å². The molecule has 1 saturated heterocycles. The van der Waals surface area contributed by atoms with E-state index >= 15 is 0 Å². The maximum atomic E-state index is 13.5. The maximum Gasteiger partial charge on any atom is 0.260 e. The number of nitrogens with one attached hydrogen (secondary N) is 1. The minimum Gasteiger partial charge on any atom is -0.508 e. The Bertz CT molecular complexity index is 1140. The molecule has 7 heteroatoms. The van der Waals surface area contributed by atoms with Gasteiger partial charge in [-0.1, -0.05) is 38.0 Å². The molecule has 4 rings (SSSR count). The number of para-hydroxylation sites is 1. The average molecular weight is 481 g/mol. The summed E-state index contributed by atoms with van der Waals surface area (Å²) in [6.45, 7) is 9.00. The third-order valence-corrected chi connectivity index (χ3v) is 7.01. The van der Waals surface area contributed by atoms with Crippen LogP contribution in [0.4, 0.5) is 17.1 Å². The number of hydrogen-bond acceptors (Lipinski definition) is 6. The van der Waals surface area contributed by atoms with Gasteiger partial charge in [0.05, 0.1) is 29.1 Å². The number of carbonyl (C=O) groups excluding carboxylic acids is 1. The molecule has 2 heterocycles. The van der Waals surface area contributed by atoms with Gasteiger partial charge < -0.3 is 30.3 Å². The van der Waals surface area contributed by atoms with Crippen LogP contribution < -0.4 is 10.2 Å². The van der Waals surface area contributed by atoms with Crippen LogP contribution in [0.25, 0.3) is 0 Å². The highest BCUT2D eigenvalue weighted by Gasteiger charge is 2.53. The number of fused-ring (bicyclic) bond motifs is 2. The Morgan fingerprint density at radius 1 is 1.20 bits per heavy atom. The SMILES string of the molecule is C/C(=C\CCC1(C)OC1CN1C(=O)c2cccc(O)c2Nc2c(O)cc(O)cc21)CCCC(C)C. The topological polar surface area (TPSA) is 106 Å². The monoisotopic (exact) mass is 480 g/mol. The molecule has 188 valence electrons. The minimum absolute atomic E-state index is 0.0980. The average Bonchev–Trinajstić information content (AvgIpc) is 3.44. The fraction of sp³-hybridized carbons (Fsp3) is 0.464. The third kappa shape index (κ3) is 5.40. The first kappa shape index (κ1) is 24.9. The second-order valence-electron chi connectivity index (χ2n) is 10.4. The Hall–Kier alpha value is -3.19. The van der Waals surface area contributed by atoms with E-state index in [2.05, 4.69) is 39.1 Å². The number of carbonyl (C=O) groups is 1. The molecule has 2 unspecified atom stereocenters. The van der Waals surface area contributed by atoms with Gasteiger partial charge in [0.2, 0.25) is 0 Å². The zero-order valence-corrected chi connectivity index (χ0v) is 21.0. The summed E-state index contributed by atoms with van der Waals surface area (Å²) in [6, 6.07) is 7.34. The van der Waals surface area contributed by atoms with Gasteiger partial charge in [0, 0.05) is 12.1 Å². The highest BCUT2D eigenvalue weighted by Crippen LogP contribution is 2.48. The Morgan fingerprint density at radius 2 is 1.97 bits per heavy atom. The summed E-state index contributed by atoms with van der Waals surface area (Å²) in [5.74, 6) is -0.0887. The first-order chi connectivity index (χ1) is 16.6. The Morgan fingerprint density at radius 3 is 2.71 bits per heavy atom. The molecule has 2 aliphatic heterocycles. The van der Waals surface area contributed by atoms with Crippen LogP contribution >= 0.6 is 0 Å². The quantitative estimate of drug-likeness (QED) is 0.147. The minimum atomic E-state index is -0.352. The molecule has 0 bridgehead atoms. The van der Waals surface area contributed by atoms with E-state index in [4.69, 9.17) is 4.74 Å². The number of amides is 1. The van der Waals surface area contributed by atoms with Gasteiger partial charge in [-0.2, -0.15) is 0 Å². The summed E-state index contributed by atoms with van der Waals surface area (Å²) in [5, 5.41) is 34.0. The molecule has 0 radical (unpaired) electrons. The number of aromatic hydroxyl groups is 3. The smallest absolute Gasteiger partial charge is 0.260 e. The number of rotatable bonds is 9. The Kier molecular flexibility index (Phi) is 6.99. The maximum absolute atomic E-state index is 13.5. The predicted octanol–water partition coefficient (Wildman–Crippen LogP) is 6.22. The van der Waals surface area contributed by atoms with Crippen LogP contribution in [-0.2, 0) is 4.74 Å². The van der Waals surface area contributed by atoms with Crippen molar-refractivity contribution in [2.24, 2.45) is 5.92 Å². The molecule has 0 spiro atoms. The summed E-state index contributed by atoms with van der Waals surface area (Å²) in [5.41, 5.74) is 2.13. The standard InChI is InChI=1S/C28H36N2O5/c1-17(2)8-5-9-18(3)10-7-13-28(4)24(35-28)16-30-21-14-19(31)15-23(33)26(21)29-25-20(27(30)34)11-6-12-22(25)32/h6,10-12,14-15,17,24,29,31-33H,5,7-9,13,16H2,1-4H3/b18-10+. The molecular formula is C28H36N2O5. The first-order valence-electron chi connectivity index (χ1n) is 12.4. The van der Waals surface area contributed by atoms with Crippen LogP contribution in [0.2, 0.25) is 0 Å². The van der Waals surface area contributed by atoms with Crippen molar-refractivity contribution in [3.8, 4) is 17.2 Å². The lowest BCUT2D eigenvalue weighted by Crippen LogP contribution is -2.35. The van der Waals surface area contributed by atoms with Crippen molar-refractivity contribution < 1.29 is 24.9 Å². The number of anilines is 3.